The molecule has 9 aromatic rings. The van der Waals surface area contributed by atoms with E-state index in [1.165, 1.54) is 98.8 Å². The summed E-state index contributed by atoms with van der Waals surface area (Å²) >= 11 is 0. The SMILES string of the molecule is CC1(C)c2ccccc2-c2cccc(-c3cccc(N(c4ccc5c(c4)C4(CCCCC4)c4ccccc4-5)c4cccc5oc6c7ccccc7ccc6c45)c3)c21. The Morgan fingerprint density at radius 3 is 2.05 bits per heavy atom. The second-order valence-corrected chi connectivity index (χ2v) is 17.1. The number of nitrogens with zero attached hydrogens (tertiary/aromatic N) is 1. The first kappa shape index (κ1) is 32.8. The Kier molecular flexibility index (Phi) is 6.95. The van der Waals surface area contributed by atoms with Crippen molar-refractivity contribution in [2.24, 2.45) is 0 Å². The first-order valence-corrected chi connectivity index (χ1v) is 20.7. The molecular weight excluding hydrogens is 691 g/mol. The number of hydrogen-bond acceptors (Lipinski definition) is 2. The molecule has 1 aromatic heterocycles. The first-order valence-electron chi connectivity index (χ1n) is 20.7. The summed E-state index contributed by atoms with van der Waals surface area (Å²) < 4.78 is 6.81. The van der Waals surface area contributed by atoms with Crippen LogP contribution in [0.25, 0.3) is 66.1 Å². The minimum Gasteiger partial charge on any atom is -0.455 e. The highest BCUT2D eigenvalue weighted by Gasteiger charge is 2.44. The maximum absolute atomic E-state index is 6.81. The van der Waals surface area contributed by atoms with E-state index >= 15 is 0 Å². The number of hydrogen-bond donors (Lipinski definition) is 0. The molecule has 1 heterocycles. The average molecular weight is 734 g/mol. The molecule has 12 rings (SSSR count). The van der Waals surface area contributed by atoms with E-state index in [2.05, 4.69) is 183 Å². The standard InChI is InChI=1S/C55H43NO/c1-54(2)46-23-8-6-20-42(46)44-22-13-21-39(52(44)54)36-16-12-17-37(33-36)56(49-25-14-26-50-51(49)45-29-27-35-15-4-5-18-40(35)53(45)57-50)38-28-30-43-41-19-7-9-24-47(41)55(48(43)34-38)31-10-3-11-32-55/h4-9,12-30,33-34H,3,10-11,31-32H2,1-2H3. The van der Waals surface area contributed by atoms with Crippen molar-refractivity contribution in [3.8, 4) is 33.4 Å². The maximum Gasteiger partial charge on any atom is 0.143 e. The van der Waals surface area contributed by atoms with E-state index in [9.17, 15) is 0 Å². The minimum atomic E-state index is -0.119. The molecule has 3 aliphatic rings. The highest BCUT2D eigenvalue weighted by Crippen LogP contribution is 2.58. The fourth-order valence-electron chi connectivity index (χ4n) is 11.3. The van der Waals surface area contributed by atoms with Crippen molar-refractivity contribution in [2.75, 3.05) is 4.90 Å². The van der Waals surface area contributed by atoms with Crippen molar-refractivity contribution >= 4 is 49.8 Å². The molecule has 0 saturated heterocycles. The van der Waals surface area contributed by atoms with E-state index in [1.807, 2.05) is 0 Å². The van der Waals surface area contributed by atoms with Crippen molar-refractivity contribution in [2.45, 2.75) is 56.8 Å². The third-order valence-electron chi connectivity index (χ3n) is 13.8. The molecular formula is C55H43NO. The van der Waals surface area contributed by atoms with E-state index < -0.39 is 0 Å². The summed E-state index contributed by atoms with van der Waals surface area (Å²) in [6.07, 6.45) is 6.23. The summed E-state index contributed by atoms with van der Waals surface area (Å²) in [4.78, 5) is 2.51. The molecule has 0 atom stereocenters. The lowest BCUT2D eigenvalue weighted by molar-refractivity contribution is 0.353. The van der Waals surface area contributed by atoms with E-state index in [0.29, 0.717) is 0 Å². The number of fused-ring (bicyclic) bond motifs is 13. The van der Waals surface area contributed by atoms with Gasteiger partial charge in [0.1, 0.15) is 11.2 Å². The van der Waals surface area contributed by atoms with Crippen LogP contribution in [0.5, 0.6) is 0 Å². The lowest BCUT2D eigenvalue weighted by Gasteiger charge is -2.36. The van der Waals surface area contributed by atoms with Gasteiger partial charge in [-0.2, -0.15) is 0 Å². The molecule has 2 nitrogen and oxygen atoms in total. The molecule has 2 heteroatoms. The minimum absolute atomic E-state index is 0.0478. The second-order valence-electron chi connectivity index (χ2n) is 17.1. The van der Waals surface area contributed by atoms with Gasteiger partial charge in [0.05, 0.1) is 11.1 Å². The van der Waals surface area contributed by atoms with Crippen LogP contribution >= 0.6 is 0 Å². The molecule has 0 amide bonds. The van der Waals surface area contributed by atoms with Crippen LogP contribution in [-0.4, -0.2) is 0 Å². The molecule has 0 bridgehead atoms. The van der Waals surface area contributed by atoms with Crippen molar-refractivity contribution in [1.29, 1.82) is 0 Å². The second kappa shape index (κ2) is 12.1. The third kappa shape index (κ3) is 4.59. The number of rotatable bonds is 4. The molecule has 8 aromatic carbocycles. The largest absolute Gasteiger partial charge is 0.455 e. The molecule has 1 fully saturated rings. The fraction of sp³-hybridized carbons (Fsp3) is 0.164. The van der Waals surface area contributed by atoms with Crippen LogP contribution in [0.4, 0.5) is 17.1 Å². The predicted octanol–water partition coefficient (Wildman–Crippen LogP) is 15.4. The summed E-state index contributed by atoms with van der Waals surface area (Å²) in [6.45, 7) is 4.77. The van der Waals surface area contributed by atoms with Crippen LogP contribution in [0.1, 0.15) is 68.2 Å². The van der Waals surface area contributed by atoms with Gasteiger partial charge in [0.15, 0.2) is 0 Å². The zero-order chi connectivity index (χ0) is 37.9. The van der Waals surface area contributed by atoms with Gasteiger partial charge in [0, 0.05) is 33.0 Å². The van der Waals surface area contributed by atoms with Gasteiger partial charge in [0.2, 0.25) is 0 Å². The Morgan fingerprint density at radius 1 is 0.491 bits per heavy atom. The van der Waals surface area contributed by atoms with Crippen LogP contribution < -0.4 is 4.90 Å². The lowest BCUT2D eigenvalue weighted by Crippen LogP contribution is -2.28. The quantitative estimate of drug-likeness (QED) is 0.179. The predicted molar refractivity (Wildman–Crippen MR) is 238 cm³/mol. The smallest absolute Gasteiger partial charge is 0.143 e. The Hall–Kier alpha value is -6.38. The molecule has 3 aliphatic carbocycles. The van der Waals surface area contributed by atoms with Crippen molar-refractivity contribution < 1.29 is 4.42 Å². The van der Waals surface area contributed by atoms with Gasteiger partial charge >= 0.3 is 0 Å². The highest BCUT2D eigenvalue weighted by atomic mass is 16.3. The Labute approximate surface area is 334 Å². The maximum atomic E-state index is 6.81. The topological polar surface area (TPSA) is 16.4 Å². The van der Waals surface area contributed by atoms with Crippen LogP contribution in [0.15, 0.2) is 168 Å². The molecule has 0 N–H and O–H groups in total. The van der Waals surface area contributed by atoms with Gasteiger partial charge in [-0.1, -0.05) is 154 Å². The lowest BCUT2D eigenvalue weighted by atomic mass is 9.68. The van der Waals surface area contributed by atoms with Crippen LogP contribution in [0, 0.1) is 0 Å². The summed E-state index contributed by atoms with van der Waals surface area (Å²) in [6, 6.07) is 61.2. The monoisotopic (exact) mass is 733 g/mol. The van der Waals surface area contributed by atoms with Crippen molar-refractivity contribution in [1.82, 2.24) is 0 Å². The Bertz CT molecular complexity index is 3100. The van der Waals surface area contributed by atoms with Crippen LogP contribution in [-0.2, 0) is 10.8 Å². The summed E-state index contributed by atoms with van der Waals surface area (Å²) in [5, 5.41) is 4.60. The summed E-state index contributed by atoms with van der Waals surface area (Å²) in [7, 11) is 0. The number of furan rings is 1. The van der Waals surface area contributed by atoms with Gasteiger partial charge in [-0.05, 0) is 116 Å². The summed E-state index contributed by atoms with van der Waals surface area (Å²) in [5.74, 6) is 0. The number of anilines is 3. The first-order chi connectivity index (χ1) is 28.0. The van der Waals surface area contributed by atoms with Crippen LogP contribution in [0.2, 0.25) is 0 Å². The van der Waals surface area contributed by atoms with Gasteiger partial charge in [-0.15, -0.1) is 0 Å². The molecule has 0 aliphatic heterocycles. The Morgan fingerprint density at radius 2 is 1.18 bits per heavy atom. The molecule has 0 radical (unpaired) electrons. The normalized spacial score (nSPS) is 15.8. The highest BCUT2D eigenvalue weighted by molar-refractivity contribution is 6.19. The van der Waals surface area contributed by atoms with E-state index in [0.717, 1.165) is 38.7 Å². The summed E-state index contributed by atoms with van der Waals surface area (Å²) in [5.41, 5.74) is 19.0. The molecule has 274 valence electrons. The fourth-order valence-corrected chi connectivity index (χ4v) is 11.3. The van der Waals surface area contributed by atoms with Gasteiger partial charge in [0.25, 0.3) is 0 Å². The van der Waals surface area contributed by atoms with Gasteiger partial charge in [-0.25, -0.2) is 0 Å². The molecule has 1 saturated carbocycles. The number of benzene rings is 8. The van der Waals surface area contributed by atoms with Gasteiger partial charge < -0.3 is 9.32 Å². The van der Waals surface area contributed by atoms with Gasteiger partial charge in [-0.3, -0.25) is 0 Å². The van der Waals surface area contributed by atoms with Crippen molar-refractivity contribution in [3.63, 3.8) is 0 Å². The Balaban J connectivity index is 1.11. The van der Waals surface area contributed by atoms with E-state index in [1.54, 1.807) is 0 Å². The average Bonchev–Trinajstić information content (AvgIpc) is 3.86. The van der Waals surface area contributed by atoms with E-state index in [4.69, 9.17) is 4.42 Å². The van der Waals surface area contributed by atoms with Crippen molar-refractivity contribution in [3.05, 3.63) is 186 Å². The molecule has 1 spiro atoms. The van der Waals surface area contributed by atoms with E-state index in [-0.39, 0.29) is 10.8 Å². The van der Waals surface area contributed by atoms with Crippen LogP contribution in [0.3, 0.4) is 0 Å². The molecule has 0 unspecified atom stereocenters. The third-order valence-corrected chi connectivity index (χ3v) is 13.8. The molecule has 57 heavy (non-hydrogen) atoms. The zero-order valence-corrected chi connectivity index (χ0v) is 32.5. The zero-order valence-electron chi connectivity index (χ0n) is 32.5.